The fraction of sp³-hybridized carbons (Fsp3) is 0.600. The van der Waals surface area contributed by atoms with Gasteiger partial charge in [0.2, 0.25) is 0 Å². The van der Waals surface area contributed by atoms with Crippen LogP contribution in [0.4, 0.5) is 0 Å². The van der Waals surface area contributed by atoms with Gasteiger partial charge in [0.25, 0.3) is 0 Å². The summed E-state index contributed by atoms with van der Waals surface area (Å²) >= 11 is 0. The van der Waals surface area contributed by atoms with Gasteiger partial charge in [0.1, 0.15) is 6.10 Å². The molecule has 2 N–H and O–H groups in total. The average molecular weight is 264 g/mol. The van der Waals surface area contributed by atoms with Gasteiger partial charge in [-0.05, 0) is 44.5 Å². The molecular weight excluding hydrogens is 240 g/mol. The van der Waals surface area contributed by atoms with E-state index in [9.17, 15) is 0 Å². The number of likely N-dealkylation sites (tertiary alicyclic amines) is 1. The zero-order valence-corrected chi connectivity index (χ0v) is 11.9. The number of hydrogen-bond donors (Lipinski definition) is 1. The Labute approximate surface area is 115 Å². The summed E-state index contributed by atoms with van der Waals surface area (Å²) in [7, 11) is 3.84. The molecule has 1 aromatic carbocycles. The van der Waals surface area contributed by atoms with Crippen LogP contribution in [-0.2, 0) is 6.42 Å². The smallest absolute Gasteiger partial charge is 0.164 e. The Bertz CT molecular complexity index is 401. The van der Waals surface area contributed by atoms with E-state index in [0.29, 0.717) is 6.54 Å². The number of ether oxygens (including phenoxy) is 2. The summed E-state index contributed by atoms with van der Waals surface area (Å²) in [4.78, 5) is 2.34. The van der Waals surface area contributed by atoms with Crippen LogP contribution in [0.15, 0.2) is 18.2 Å². The van der Waals surface area contributed by atoms with E-state index in [1.165, 1.54) is 0 Å². The molecule has 0 aromatic heterocycles. The highest BCUT2D eigenvalue weighted by atomic mass is 16.5. The second kappa shape index (κ2) is 6.78. The Hall–Kier alpha value is -1.26. The fourth-order valence-electron chi connectivity index (χ4n) is 2.48. The van der Waals surface area contributed by atoms with Gasteiger partial charge in [0.05, 0.1) is 7.11 Å². The second-order valence-corrected chi connectivity index (χ2v) is 5.11. The van der Waals surface area contributed by atoms with Gasteiger partial charge >= 0.3 is 0 Å². The molecule has 0 atom stereocenters. The molecule has 1 saturated heterocycles. The highest BCUT2D eigenvalue weighted by molar-refractivity contribution is 5.47. The molecule has 19 heavy (non-hydrogen) atoms. The Morgan fingerprint density at radius 2 is 2.05 bits per heavy atom. The third-order valence-electron chi connectivity index (χ3n) is 3.64. The third kappa shape index (κ3) is 3.61. The van der Waals surface area contributed by atoms with Crippen molar-refractivity contribution in [2.45, 2.75) is 25.4 Å². The van der Waals surface area contributed by atoms with Gasteiger partial charge in [-0.2, -0.15) is 0 Å². The molecule has 0 radical (unpaired) electrons. The Morgan fingerprint density at radius 1 is 1.32 bits per heavy atom. The van der Waals surface area contributed by atoms with Crippen molar-refractivity contribution in [2.24, 2.45) is 5.73 Å². The largest absolute Gasteiger partial charge is 0.493 e. The van der Waals surface area contributed by atoms with Crippen molar-refractivity contribution >= 4 is 0 Å². The number of para-hydroxylation sites is 1. The van der Waals surface area contributed by atoms with Crippen molar-refractivity contribution in [1.82, 2.24) is 4.90 Å². The first-order chi connectivity index (χ1) is 9.24. The first-order valence-electron chi connectivity index (χ1n) is 6.95. The predicted octanol–water partition coefficient (Wildman–Crippen LogP) is 1.67. The Balaban J connectivity index is 2.12. The summed E-state index contributed by atoms with van der Waals surface area (Å²) in [5.41, 5.74) is 6.81. The van der Waals surface area contributed by atoms with Crippen LogP contribution in [0.1, 0.15) is 18.4 Å². The van der Waals surface area contributed by atoms with E-state index < -0.39 is 0 Å². The maximum absolute atomic E-state index is 6.20. The molecule has 2 rings (SSSR count). The molecular formula is C15H24N2O2. The molecule has 4 heteroatoms. The van der Waals surface area contributed by atoms with Crippen molar-refractivity contribution in [3.8, 4) is 11.5 Å². The number of piperidine rings is 1. The van der Waals surface area contributed by atoms with Gasteiger partial charge < -0.3 is 20.1 Å². The molecule has 0 bridgehead atoms. The van der Waals surface area contributed by atoms with E-state index >= 15 is 0 Å². The molecule has 1 aliphatic rings. The van der Waals surface area contributed by atoms with Crippen LogP contribution in [0, 0.1) is 0 Å². The molecule has 0 spiro atoms. The summed E-state index contributed by atoms with van der Waals surface area (Å²) in [5.74, 6) is 1.69. The first kappa shape index (κ1) is 14.2. The lowest BCUT2D eigenvalue weighted by molar-refractivity contribution is 0.110. The quantitative estimate of drug-likeness (QED) is 0.879. The maximum atomic E-state index is 6.20. The average Bonchev–Trinajstić information content (AvgIpc) is 2.43. The van der Waals surface area contributed by atoms with Gasteiger partial charge in [-0.15, -0.1) is 0 Å². The van der Waals surface area contributed by atoms with Crippen LogP contribution < -0.4 is 15.2 Å². The van der Waals surface area contributed by atoms with Crippen LogP contribution in [-0.4, -0.2) is 44.8 Å². The highest BCUT2D eigenvalue weighted by Crippen LogP contribution is 2.33. The second-order valence-electron chi connectivity index (χ2n) is 5.11. The zero-order valence-electron chi connectivity index (χ0n) is 11.9. The standard InChI is InChI=1S/C15H24N2O2/c1-17-10-7-13(8-11-17)19-15-12(6-9-16)4-3-5-14(15)18-2/h3-5,13H,6-11,16H2,1-2H3. The third-order valence-corrected chi connectivity index (χ3v) is 3.64. The summed E-state index contributed by atoms with van der Waals surface area (Å²) in [5, 5.41) is 0. The van der Waals surface area contributed by atoms with Crippen molar-refractivity contribution < 1.29 is 9.47 Å². The van der Waals surface area contributed by atoms with E-state index in [0.717, 1.165) is 49.4 Å². The molecule has 0 unspecified atom stereocenters. The zero-order chi connectivity index (χ0) is 13.7. The molecule has 0 saturated carbocycles. The SMILES string of the molecule is COc1cccc(CCN)c1OC1CCN(C)CC1. The highest BCUT2D eigenvalue weighted by Gasteiger charge is 2.21. The normalized spacial score (nSPS) is 17.4. The fourth-order valence-corrected chi connectivity index (χ4v) is 2.48. The van der Waals surface area contributed by atoms with E-state index in [1.807, 2.05) is 12.1 Å². The lowest BCUT2D eigenvalue weighted by Crippen LogP contribution is -2.35. The molecule has 1 aromatic rings. The number of rotatable bonds is 5. The first-order valence-corrected chi connectivity index (χ1v) is 6.95. The van der Waals surface area contributed by atoms with Crippen LogP contribution in [0.5, 0.6) is 11.5 Å². The van der Waals surface area contributed by atoms with Crippen molar-refractivity contribution in [2.75, 3.05) is 33.8 Å². The number of methoxy groups -OCH3 is 1. The number of hydrogen-bond acceptors (Lipinski definition) is 4. The van der Waals surface area contributed by atoms with Gasteiger partial charge in [-0.3, -0.25) is 0 Å². The maximum Gasteiger partial charge on any atom is 0.164 e. The van der Waals surface area contributed by atoms with E-state index in [1.54, 1.807) is 7.11 Å². The van der Waals surface area contributed by atoms with E-state index in [-0.39, 0.29) is 6.10 Å². The summed E-state index contributed by atoms with van der Waals surface area (Å²) < 4.78 is 11.6. The molecule has 0 aliphatic carbocycles. The molecule has 0 amide bonds. The van der Waals surface area contributed by atoms with Gasteiger partial charge in [-0.25, -0.2) is 0 Å². The minimum absolute atomic E-state index is 0.282. The summed E-state index contributed by atoms with van der Waals surface area (Å²) in [6.45, 7) is 2.80. The topological polar surface area (TPSA) is 47.7 Å². The van der Waals surface area contributed by atoms with E-state index in [2.05, 4.69) is 18.0 Å². The van der Waals surface area contributed by atoms with E-state index in [4.69, 9.17) is 15.2 Å². The minimum atomic E-state index is 0.282. The number of benzene rings is 1. The Kier molecular flexibility index (Phi) is 5.05. The van der Waals surface area contributed by atoms with Gasteiger partial charge in [-0.1, -0.05) is 12.1 Å². The molecule has 106 valence electrons. The molecule has 4 nitrogen and oxygen atoms in total. The van der Waals surface area contributed by atoms with Crippen molar-refractivity contribution in [3.05, 3.63) is 23.8 Å². The number of nitrogens with zero attached hydrogens (tertiary/aromatic N) is 1. The lowest BCUT2D eigenvalue weighted by atomic mass is 10.1. The van der Waals surface area contributed by atoms with Crippen LogP contribution in [0.2, 0.25) is 0 Å². The van der Waals surface area contributed by atoms with Crippen LogP contribution in [0.3, 0.4) is 0 Å². The molecule has 1 heterocycles. The number of nitrogens with two attached hydrogens (primary N) is 1. The monoisotopic (exact) mass is 264 g/mol. The molecule has 1 fully saturated rings. The molecule has 1 aliphatic heterocycles. The Morgan fingerprint density at radius 3 is 2.68 bits per heavy atom. The van der Waals surface area contributed by atoms with Crippen LogP contribution in [0.25, 0.3) is 0 Å². The van der Waals surface area contributed by atoms with Gasteiger partial charge in [0, 0.05) is 13.1 Å². The summed E-state index contributed by atoms with van der Waals surface area (Å²) in [6.07, 6.45) is 3.23. The summed E-state index contributed by atoms with van der Waals surface area (Å²) in [6, 6.07) is 6.01. The van der Waals surface area contributed by atoms with Gasteiger partial charge in [0.15, 0.2) is 11.5 Å². The van der Waals surface area contributed by atoms with Crippen molar-refractivity contribution in [1.29, 1.82) is 0 Å². The minimum Gasteiger partial charge on any atom is -0.493 e. The predicted molar refractivity (Wildman–Crippen MR) is 76.9 cm³/mol. The lowest BCUT2D eigenvalue weighted by Gasteiger charge is -2.30. The van der Waals surface area contributed by atoms with Crippen LogP contribution >= 0.6 is 0 Å². The van der Waals surface area contributed by atoms with Crippen molar-refractivity contribution in [3.63, 3.8) is 0 Å².